The van der Waals surface area contributed by atoms with Gasteiger partial charge in [-0.05, 0) is 33.0 Å². The van der Waals surface area contributed by atoms with E-state index in [2.05, 4.69) is 56.7 Å². The van der Waals surface area contributed by atoms with Gasteiger partial charge in [-0.3, -0.25) is 14.3 Å². The predicted octanol–water partition coefficient (Wildman–Crippen LogP) is 3.55. The fourth-order valence-electron chi connectivity index (χ4n) is 5.48. The van der Waals surface area contributed by atoms with Gasteiger partial charge in [0.15, 0.2) is 11.2 Å². The van der Waals surface area contributed by atoms with Crippen LogP contribution in [0.15, 0.2) is 71.5 Å². The van der Waals surface area contributed by atoms with Gasteiger partial charge < -0.3 is 26.0 Å². The number of nitrogens with two attached hydrogens (primary N) is 1. The molecule has 10 nitrogen and oxygen atoms in total. The molecule has 4 aromatic carbocycles. The number of benzene rings is 4. The molecule has 0 bridgehead atoms. The van der Waals surface area contributed by atoms with Gasteiger partial charge in [-0.15, -0.1) is 0 Å². The lowest BCUT2D eigenvalue weighted by Gasteiger charge is -2.18. The number of imidazole rings is 1. The van der Waals surface area contributed by atoms with Crippen LogP contribution in [-0.4, -0.2) is 48.5 Å². The van der Waals surface area contributed by atoms with Crippen LogP contribution in [0.3, 0.4) is 0 Å². The number of nitrogens with zero attached hydrogens (tertiary/aromatic N) is 3. The largest absolute Gasteiger partial charge is 0.394 e. The van der Waals surface area contributed by atoms with Crippen LogP contribution in [0, 0.1) is 0 Å². The van der Waals surface area contributed by atoms with Gasteiger partial charge in [-0.25, -0.2) is 4.98 Å². The number of ether oxygens (including phenoxy) is 1. The van der Waals surface area contributed by atoms with E-state index in [0.717, 1.165) is 38.0 Å². The first-order chi connectivity index (χ1) is 18.5. The van der Waals surface area contributed by atoms with Crippen molar-refractivity contribution >= 4 is 61.1 Å². The zero-order valence-electron chi connectivity index (χ0n) is 20.1. The van der Waals surface area contributed by atoms with Crippen LogP contribution in [0.1, 0.15) is 12.6 Å². The molecule has 1 fully saturated rings. The molecular formula is C28H24N6O4. The summed E-state index contributed by atoms with van der Waals surface area (Å²) in [4.78, 5) is 24.1. The van der Waals surface area contributed by atoms with E-state index in [4.69, 9.17) is 10.5 Å². The number of aliphatic hydroxyl groups excluding tert-OH is 2. The number of H-pyrrole nitrogens is 1. The van der Waals surface area contributed by atoms with Crippen molar-refractivity contribution in [3.8, 4) is 0 Å². The van der Waals surface area contributed by atoms with Gasteiger partial charge in [0.2, 0.25) is 11.9 Å². The number of fused-ring (bicyclic) bond motifs is 6. The minimum atomic E-state index is -0.887. The summed E-state index contributed by atoms with van der Waals surface area (Å²) in [7, 11) is 0. The number of aliphatic hydroxyl groups is 2. The van der Waals surface area contributed by atoms with E-state index in [-0.39, 0.29) is 30.1 Å². The fourth-order valence-corrected chi connectivity index (χ4v) is 5.48. The molecule has 0 aliphatic carbocycles. The average Bonchev–Trinajstić information content (AvgIpc) is 3.48. The number of anilines is 3. The number of aromatic amines is 1. The predicted molar refractivity (Wildman–Crippen MR) is 146 cm³/mol. The maximum absolute atomic E-state index is 12.7. The normalized spacial score (nSPS) is 19.7. The number of rotatable bonds is 4. The summed E-state index contributed by atoms with van der Waals surface area (Å²) in [6.45, 7) is -0.342. The summed E-state index contributed by atoms with van der Waals surface area (Å²) >= 11 is 0. The van der Waals surface area contributed by atoms with Crippen molar-refractivity contribution < 1.29 is 14.9 Å². The van der Waals surface area contributed by atoms with E-state index < -0.39 is 24.0 Å². The smallest absolute Gasteiger partial charge is 0.280 e. The molecule has 38 heavy (non-hydrogen) atoms. The van der Waals surface area contributed by atoms with Crippen molar-refractivity contribution in [3.63, 3.8) is 0 Å². The summed E-state index contributed by atoms with van der Waals surface area (Å²) < 4.78 is 7.57. The zero-order chi connectivity index (χ0) is 26.0. The monoisotopic (exact) mass is 508 g/mol. The Hall–Kier alpha value is -4.51. The average molecular weight is 509 g/mol. The third-order valence-electron chi connectivity index (χ3n) is 7.25. The zero-order valence-corrected chi connectivity index (χ0v) is 20.1. The standard InChI is InChI=1S/C28H24N6O4/c29-27-32-25-24(26(37)33-27)31-28(34(25)23-12-21(36)22(13-35)38-23)30-20-11-19-15-6-2-1-5-14(15)9-10-17(19)16-7-3-4-8-18(16)20/h1-11,21-23,35-36H,12-13H2,(H,30,31)(H3,29,32,33,37)/t21-,22+,23+/m0/s1. The molecular weight excluding hydrogens is 484 g/mol. The Morgan fingerprint density at radius 2 is 1.74 bits per heavy atom. The van der Waals surface area contributed by atoms with Crippen LogP contribution in [-0.2, 0) is 4.74 Å². The van der Waals surface area contributed by atoms with E-state index in [0.29, 0.717) is 5.95 Å². The number of nitrogen functional groups attached to an aromatic ring is 1. The lowest BCUT2D eigenvalue weighted by molar-refractivity contribution is -0.0425. The highest BCUT2D eigenvalue weighted by molar-refractivity contribution is 6.20. The second-order valence-electron chi connectivity index (χ2n) is 9.52. The van der Waals surface area contributed by atoms with Crippen LogP contribution >= 0.6 is 0 Å². The third kappa shape index (κ3) is 3.42. The van der Waals surface area contributed by atoms with Gasteiger partial charge in [0, 0.05) is 17.5 Å². The molecule has 1 aliphatic heterocycles. The lowest BCUT2D eigenvalue weighted by Crippen LogP contribution is -2.24. The maximum Gasteiger partial charge on any atom is 0.280 e. The number of hydrogen-bond donors (Lipinski definition) is 5. The van der Waals surface area contributed by atoms with Gasteiger partial charge in [-0.2, -0.15) is 4.98 Å². The van der Waals surface area contributed by atoms with Gasteiger partial charge in [0.25, 0.3) is 5.56 Å². The van der Waals surface area contributed by atoms with E-state index in [1.54, 1.807) is 4.57 Å². The molecule has 7 rings (SSSR count). The maximum atomic E-state index is 12.7. The van der Waals surface area contributed by atoms with Crippen molar-refractivity contribution in [3.05, 3.63) is 77.1 Å². The van der Waals surface area contributed by atoms with Crippen molar-refractivity contribution in [2.24, 2.45) is 0 Å². The fraction of sp³-hybridized carbons (Fsp3) is 0.179. The van der Waals surface area contributed by atoms with Crippen molar-refractivity contribution in [1.82, 2.24) is 19.5 Å². The molecule has 6 aromatic rings. The summed E-state index contributed by atoms with van der Waals surface area (Å²) in [6.07, 6.45) is -2.20. The molecule has 2 aromatic heterocycles. The van der Waals surface area contributed by atoms with E-state index in [1.807, 2.05) is 30.3 Å². The lowest BCUT2D eigenvalue weighted by atomic mass is 9.96. The molecule has 3 atom stereocenters. The molecule has 10 heteroatoms. The first-order valence-corrected chi connectivity index (χ1v) is 12.3. The molecule has 1 aliphatic rings. The number of aromatic nitrogens is 4. The van der Waals surface area contributed by atoms with Crippen molar-refractivity contribution in [2.75, 3.05) is 17.7 Å². The summed E-state index contributed by atoms with van der Waals surface area (Å²) in [5.74, 6) is 0.249. The van der Waals surface area contributed by atoms with Gasteiger partial charge in [-0.1, -0.05) is 60.7 Å². The Morgan fingerprint density at radius 1 is 1.00 bits per heavy atom. The minimum absolute atomic E-state index is 0.0601. The van der Waals surface area contributed by atoms with E-state index in [1.165, 1.54) is 0 Å². The second kappa shape index (κ2) is 8.52. The van der Waals surface area contributed by atoms with Gasteiger partial charge >= 0.3 is 0 Å². The summed E-state index contributed by atoms with van der Waals surface area (Å²) in [5.41, 5.74) is 6.47. The number of hydrogen-bond acceptors (Lipinski definition) is 8. The highest BCUT2D eigenvalue weighted by Gasteiger charge is 2.37. The summed E-state index contributed by atoms with van der Waals surface area (Å²) in [6, 6.07) is 22.6. The molecule has 190 valence electrons. The molecule has 6 N–H and O–H groups in total. The SMILES string of the molecule is Nc1nc2c(nc(Nc3cc4c5ccccc5ccc4c4ccccc34)n2[C@H]2C[C@H](O)[C@@H](CO)O2)c(=O)[nH]1. The van der Waals surface area contributed by atoms with Crippen LogP contribution in [0.2, 0.25) is 0 Å². The minimum Gasteiger partial charge on any atom is -0.394 e. The highest BCUT2D eigenvalue weighted by atomic mass is 16.5. The Bertz CT molecular complexity index is 1930. The van der Waals surface area contributed by atoms with Crippen LogP contribution in [0.4, 0.5) is 17.6 Å². The van der Waals surface area contributed by atoms with E-state index in [9.17, 15) is 15.0 Å². The molecule has 0 saturated carbocycles. The molecule has 0 spiro atoms. The number of nitrogens with one attached hydrogen (secondary N) is 2. The topological polar surface area (TPSA) is 151 Å². The first kappa shape index (κ1) is 22.7. The van der Waals surface area contributed by atoms with Gasteiger partial charge in [0.05, 0.1) is 12.7 Å². The molecule has 1 saturated heterocycles. The van der Waals surface area contributed by atoms with Crippen molar-refractivity contribution in [2.45, 2.75) is 24.9 Å². The third-order valence-corrected chi connectivity index (χ3v) is 7.25. The first-order valence-electron chi connectivity index (χ1n) is 12.3. The molecule has 0 unspecified atom stereocenters. The Morgan fingerprint density at radius 3 is 2.53 bits per heavy atom. The Kier molecular flexibility index (Phi) is 5.08. The summed E-state index contributed by atoms with van der Waals surface area (Å²) in [5, 5.41) is 30.0. The van der Waals surface area contributed by atoms with Crippen LogP contribution in [0.5, 0.6) is 0 Å². The van der Waals surface area contributed by atoms with E-state index >= 15 is 0 Å². The molecule has 0 radical (unpaired) electrons. The second-order valence-corrected chi connectivity index (χ2v) is 9.52. The van der Waals surface area contributed by atoms with Gasteiger partial charge in [0.1, 0.15) is 12.3 Å². The van der Waals surface area contributed by atoms with Crippen LogP contribution in [0.25, 0.3) is 43.5 Å². The Balaban J connectivity index is 1.47. The molecule has 3 heterocycles. The highest BCUT2D eigenvalue weighted by Crippen LogP contribution is 2.39. The molecule has 0 amide bonds. The van der Waals surface area contributed by atoms with Crippen molar-refractivity contribution in [1.29, 1.82) is 0 Å². The Labute approximate surface area is 215 Å². The quantitative estimate of drug-likeness (QED) is 0.227. The van der Waals surface area contributed by atoms with Crippen LogP contribution < -0.4 is 16.6 Å².